The summed E-state index contributed by atoms with van der Waals surface area (Å²) in [7, 11) is 0. The third kappa shape index (κ3) is 6.15. The summed E-state index contributed by atoms with van der Waals surface area (Å²) in [4.78, 5) is 24.0. The molecule has 0 radical (unpaired) electrons. The van der Waals surface area contributed by atoms with Crippen molar-refractivity contribution in [2.75, 3.05) is 11.9 Å². The number of urea groups is 1. The second-order valence-electron chi connectivity index (χ2n) is 6.86. The Balaban J connectivity index is 1.78. The number of ether oxygens (including phenoxy) is 1. The molecule has 3 aromatic carbocycles. The van der Waals surface area contributed by atoms with Crippen LogP contribution in [0.2, 0.25) is 0 Å². The monoisotopic (exact) mass is 419 g/mol. The number of benzene rings is 3. The van der Waals surface area contributed by atoms with Crippen molar-refractivity contribution in [3.8, 4) is 11.1 Å². The number of carbonyl (C=O) groups is 2. The minimum absolute atomic E-state index is 0.353. The number of anilines is 1. The van der Waals surface area contributed by atoms with Gasteiger partial charge in [0.25, 0.3) is 5.91 Å². The molecule has 0 aromatic heterocycles. The van der Waals surface area contributed by atoms with Gasteiger partial charge in [0.1, 0.15) is 0 Å². The van der Waals surface area contributed by atoms with Crippen LogP contribution >= 0.6 is 0 Å². The Labute approximate surface area is 181 Å². The molecule has 0 aliphatic heterocycles. The summed E-state index contributed by atoms with van der Waals surface area (Å²) in [5.41, 5.74) is 5.25. The molecule has 0 aliphatic carbocycles. The Hall–Kier alpha value is -3.68. The number of para-hydroxylation sites is 1. The molecule has 7 nitrogen and oxygen atoms in total. The number of nitrogens with one attached hydrogen (secondary N) is 3. The van der Waals surface area contributed by atoms with Gasteiger partial charge in [-0.15, -0.1) is 0 Å². The number of rotatable bonds is 8. The highest BCUT2D eigenvalue weighted by molar-refractivity contribution is 5.93. The number of hydroxylamine groups is 1. The zero-order chi connectivity index (χ0) is 22.1. The van der Waals surface area contributed by atoms with Crippen LogP contribution in [0.1, 0.15) is 35.5 Å². The van der Waals surface area contributed by atoms with Gasteiger partial charge in [-0.05, 0) is 47.9 Å². The summed E-state index contributed by atoms with van der Waals surface area (Å²) in [6.07, 6.45) is 0.190. The van der Waals surface area contributed by atoms with Crippen molar-refractivity contribution in [2.45, 2.75) is 19.6 Å². The zero-order valence-corrected chi connectivity index (χ0v) is 17.2. The van der Waals surface area contributed by atoms with Crippen molar-refractivity contribution in [3.05, 3.63) is 90.0 Å². The predicted molar refractivity (Wildman–Crippen MR) is 119 cm³/mol. The molecule has 3 amide bonds. The van der Waals surface area contributed by atoms with E-state index in [-0.39, 0.29) is 6.03 Å². The fourth-order valence-corrected chi connectivity index (χ4v) is 3.02. The summed E-state index contributed by atoms with van der Waals surface area (Å²) < 4.78 is 5.89. The van der Waals surface area contributed by atoms with Gasteiger partial charge < -0.3 is 15.4 Å². The third-order valence-corrected chi connectivity index (χ3v) is 4.55. The lowest BCUT2D eigenvalue weighted by molar-refractivity contribution is 0.0379. The van der Waals surface area contributed by atoms with E-state index < -0.39 is 12.1 Å². The molecule has 1 atom stereocenters. The van der Waals surface area contributed by atoms with E-state index >= 15 is 0 Å². The first-order chi connectivity index (χ1) is 15.1. The second kappa shape index (κ2) is 10.9. The van der Waals surface area contributed by atoms with Gasteiger partial charge in [-0.25, -0.2) is 10.3 Å². The van der Waals surface area contributed by atoms with Crippen LogP contribution in [0.25, 0.3) is 11.1 Å². The molecule has 3 aromatic rings. The van der Waals surface area contributed by atoms with Crippen molar-refractivity contribution >= 4 is 17.6 Å². The Morgan fingerprint density at radius 3 is 2.35 bits per heavy atom. The molecule has 1 unspecified atom stereocenters. The average Bonchev–Trinajstić information content (AvgIpc) is 2.82. The van der Waals surface area contributed by atoms with Crippen LogP contribution in [0.5, 0.6) is 0 Å². The summed E-state index contributed by atoms with van der Waals surface area (Å²) in [5, 5.41) is 14.4. The fourth-order valence-electron chi connectivity index (χ4n) is 3.02. The van der Waals surface area contributed by atoms with Gasteiger partial charge in [-0.1, -0.05) is 55.5 Å². The van der Waals surface area contributed by atoms with Gasteiger partial charge in [0, 0.05) is 23.4 Å². The Morgan fingerprint density at radius 2 is 1.68 bits per heavy atom. The largest absolute Gasteiger partial charge is 0.354 e. The zero-order valence-electron chi connectivity index (χ0n) is 17.2. The highest BCUT2D eigenvalue weighted by Crippen LogP contribution is 2.25. The van der Waals surface area contributed by atoms with Gasteiger partial charge in [0.2, 0.25) is 0 Å². The number of carbonyl (C=O) groups excluding carboxylic acids is 2. The smallest absolute Gasteiger partial charge is 0.321 e. The van der Waals surface area contributed by atoms with Crippen LogP contribution < -0.4 is 16.1 Å². The highest BCUT2D eigenvalue weighted by atomic mass is 16.5. The number of amides is 3. The van der Waals surface area contributed by atoms with E-state index in [1.165, 1.54) is 0 Å². The van der Waals surface area contributed by atoms with Gasteiger partial charge >= 0.3 is 6.03 Å². The average molecular weight is 419 g/mol. The van der Waals surface area contributed by atoms with Crippen LogP contribution in [0.15, 0.2) is 78.9 Å². The number of hydrogen-bond acceptors (Lipinski definition) is 4. The lowest BCUT2D eigenvalue weighted by Gasteiger charge is -2.21. The molecule has 0 spiro atoms. The quantitative estimate of drug-likeness (QED) is 0.241. The summed E-state index contributed by atoms with van der Waals surface area (Å²) >= 11 is 0. The maximum Gasteiger partial charge on any atom is 0.321 e. The van der Waals surface area contributed by atoms with Crippen molar-refractivity contribution in [1.29, 1.82) is 0 Å². The van der Waals surface area contributed by atoms with Crippen molar-refractivity contribution in [1.82, 2.24) is 10.8 Å². The molecule has 31 heavy (non-hydrogen) atoms. The van der Waals surface area contributed by atoms with Crippen LogP contribution in [-0.4, -0.2) is 23.8 Å². The third-order valence-electron chi connectivity index (χ3n) is 4.55. The molecule has 0 bridgehead atoms. The summed E-state index contributed by atoms with van der Waals surface area (Å²) in [6.45, 7) is 2.49. The lowest BCUT2D eigenvalue weighted by atomic mass is 10.0. The van der Waals surface area contributed by atoms with Crippen molar-refractivity contribution < 1.29 is 19.5 Å². The predicted octanol–water partition coefficient (Wildman–Crippen LogP) is 4.72. The van der Waals surface area contributed by atoms with Crippen LogP contribution in [-0.2, 0) is 4.74 Å². The Bertz CT molecular complexity index is 1010. The van der Waals surface area contributed by atoms with Crippen LogP contribution in [0, 0.1) is 0 Å². The number of hydrogen-bond donors (Lipinski definition) is 4. The first-order valence-electron chi connectivity index (χ1n) is 9.99. The SMILES string of the molecule is CCCOC(NC(=O)Nc1ccccc1)c1cccc(-c2ccc(C(=O)NO)cc2)c1. The van der Waals surface area contributed by atoms with Crippen molar-refractivity contribution in [2.24, 2.45) is 0 Å². The molecule has 0 saturated carbocycles. The molecule has 0 saturated heterocycles. The van der Waals surface area contributed by atoms with Crippen LogP contribution in [0.4, 0.5) is 10.5 Å². The molecule has 0 heterocycles. The minimum atomic E-state index is -0.622. The Morgan fingerprint density at radius 1 is 0.935 bits per heavy atom. The van der Waals surface area contributed by atoms with Gasteiger partial charge in [-0.3, -0.25) is 10.0 Å². The molecule has 4 N–H and O–H groups in total. The Kier molecular flexibility index (Phi) is 7.75. The van der Waals surface area contributed by atoms with Gasteiger partial charge in [0.15, 0.2) is 6.23 Å². The van der Waals surface area contributed by atoms with E-state index in [2.05, 4.69) is 10.6 Å². The van der Waals surface area contributed by atoms with Gasteiger partial charge in [0.05, 0.1) is 0 Å². The first-order valence-corrected chi connectivity index (χ1v) is 9.99. The van der Waals surface area contributed by atoms with E-state index in [0.717, 1.165) is 23.1 Å². The maximum absolute atomic E-state index is 12.5. The van der Waals surface area contributed by atoms with Gasteiger partial charge in [-0.2, -0.15) is 0 Å². The fraction of sp³-hybridized carbons (Fsp3) is 0.167. The van der Waals surface area contributed by atoms with Crippen LogP contribution in [0.3, 0.4) is 0 Å². The molecule has 3 rings (SSSR count). The molecule has 160 valence electrons. The molecular weight excluding hydrogens is 394 g/mol. The maximum atomic E-state index is 12.5. The standard InChI is InChI=1S/C24H25N3O4/c1-2-15-31-23(26-24(29)25-21-9-4-3-5-10-21)20-8-6-7-19(16-20)17-11-13-18(14-12-17)22(28)27-30/h3-14,16,23,30H,2,15H2,1H3,(H,27,28)(H2,25,26,29). The first kappa shape index (κ1) is 22.0. The van der Waals surface area contributed by atoms with E-state index in [4.69, 9.17) is 9.94 Å². The summed E-state index contributed by atoms with van der Waals surface area (Å²) in [5.74, 6) is -0.568. The van der Waals surface area contributed by atoms with E-state index in [1.54, 1.807) is 29.7 Å². The second-order valence-corrected chi connectivity index (χ2v) is 6.86. The normalized spacial score (nSPS) is 11.4. The molecule has 0 aliphatic rings. The van der Waals surface area contributed by atoms with E-state index in [0.29, 0.717) is 17.9 Å². The lowest BCUT2D eigenvalue weighted by Crippen LogP contribution is -2.34. The van der Waals surface area contributed by atoms with E-state index in [1.807, 2.05) is 61.5 Å². The molecule has 7 heteroatoms. The topological polar surface area (TPSA) is 99.7 Å². The minimum Gasteiger partial charge on any atom is -0.354 e. The molecule has 0 fully saturated rings. The molecular formula is C24H25N3O4. The highest BCUT2D eigenvalue weighted by Gasteiger charge is 2.16. The van der Waals surface area contributed by atoms with Crippen molar-refractivity contribution in [3.63, 3.8) is 0 Å². The van der Waals surface area contributed by atoms with E-state index in [9.17, 15) is 9.59 Å². The summed E-state index contributed by atoms with van der Waals surface area (Å²) in [6, 6.07) is 23.3.